The first kappa shape index (κ1) is 22.7. The molecule has 192 valence electrons. The van der Waals surface area contributed by atoms with Crippen LogP contribution in [0.25, 0.3) is 0 Å². The van der Waals surface area contributed by atoms with Crippen molar-refractivity contribution in [1.82, 2.24) is 20.5 Å². The number of fused-ring (bicyclic) bond motifs is 1. The molecule has 3 atom stereocenters. The molecule has 0 unspecified atom stereocenters. The second-order valence-electron chi connectivity index (χ2n) is 11.4. The second-order valence-corrected chi connectivity index (χ2v) is 11.4. The number of aromatic nitrogens is 2. The minimum Gasteiger partial charge on any atom is -0.371 e. The molecule has 2 bridgehead atoms. The van der Waals surface area contributed by atoms with E-state index in [1.165, 1.54) is 24.2 Å². The molecule has 9 nitrogen and oxygen atoms in total. The maximum absolute atomic E-state index is 13.3. The summed E-state index contributed by atoms with van der Waals surface area (Å²) in [5.41, 5.74) is 3.18. The minimum atomic E-state index is -0.332. The summed E-state index contributed by atoms with van der Waals surface area (Å²) in [5, 5.41) is 10.8. The molecule has 3 aliphatic carbocycles. The summed E-state index contributed by atoms with van der Waals surface area (Å²) in [5.74, 6) is 1.45. The van der Waals surface area contributed by atoms with E-state index in [9.17, 15) is 14.4 Å². The van der Waals surface area contributed by atoms with Crippen LogP contribution in [0.3, 0.4) is 0 Å². The molecule has 1 saturated heterocycles. The van der Waals surface area contributed by atoms with E-state index >= 15 is 0 Å². The number of rotatable bonds is 6. The molecule has 1 aromatic heterocycles. The van der Waals surface area contributed by atoms with E-state index in [1.54, 1.807) is 13.0 Å². The zero-order valence-electron chi connectivity index (χ0n) is 21.0. The van der Waals surface area contributed by atoms with Crippen molar-refractivity contribution in [2.24, 2.45) is 29.1 Å². The molecule has 5 aliphatic rings. The summed E-state index contributed by atoms with van der Waals surface area (Å²) in [7, 11) is 0. The predicted molar refractivity (Wildman–Crippen MR) is 134 cm³/mol. The summed E-state index contributed by atoms with van der Waals surface area (Å²) >= 11 is 0. The molecular formula is C28H31N5O4. The molecule has 0 radical (unpaired) electrons. The van der Waals surface area contributed by atoms with Gasteiger partial charge in [-0.3, -0.25) is 19.3 Å². The highest BCUT2D eigenvalue weighted by molar-refractivity contribution is 6.23. The van der Waals surface area contributed by atoms with E-state index in [1.807, 2.05) is 12.1 Å². The van der Waals surface area contributed by atoms with Crippen LogP contribution in [0.2, 0.25) is 0 Å². The first-order valence-corrected chi connectivity index (χ1v) is 13.4. The smallest absolute Gasteiger partial charge is 0.264 e. The number of allylic oxidation sites excluding steroid dienone is 2. The van der Waals surface area contributed by atoms with E-state index in [2.05, 4.69) is 32.7 Å². The van der Waals surface area contributed by atoms with Gasteiger partial charge >= 0.3 is 0 Å². The lowest BCUT2D eigenvalue weighted by molar-refractivity contribution is -0.125. The zero-order valence-corrected chi connectivity index (χ0v) is 21.0. The number of hydrogen-bond donors (Lipinski definition) is 1. The lowest BCUT2D eigenvalue weighted by atomic mass is 9.88. The van der Waals surface area contributed by atoms with Gasteiger partial charge in [0.15, 0.2) is 0 Å². The Labute approximate surface area is 215 Å². The number of nitrogens with one attached hydrogen (secondary N) is 1. The monoisotopic (exact) mass is 501 g/mol. The van der Waals surface area contributed by atoms with Gasteiger partial charge in [-0.05, 0) is 74.3 Å². The average Bonchev–Trinajstić information content (AvgIpc) is 3.31. The van der Waals surface area contributed by atoms with Crippen molar-refractivity contribution in [3.63, 3.8) is 0 Å². The largest absolute Gasteiger partial charge is 0.371 e. The number of carbonyl (C=O) groups is 3. The number of nitrogens with zero attached hydrogens (tertiary/aromatic N) is 4. The fourth-order valence-corrected chi connectivity index (χ4v) is 7.38. The summed E-state index contributed by atoms with van der Waals surface area (Å²) in [6.07, 6.45) is 10.2. The number of anilines is 1. The maximum Gasteiger partial charge on any atom is 0.264 e. The number of carbonyl (C=O) groups excluding carboxylic acids is 3. The third-order valence-electron chi connectivity index (χ3n) is 9.62. The highest BCUT2D eigenvalue weighted by atomic mass is 16.6. The standard InChI is InChI=1S/C28H31N5O4/c1-16-22(31-37-30-16)15-33-26(35)20-3-2-4-23(24(20)27(33)36)32-11-7-17(8-12-32)25(34)29-14-18-13-19-5-6-21(18)28(19)9-10-28/h2-6,17-19,21H,7-15H2,1H3,(H,29,34)/t18-,19+,21+/m1/s1. The molecule has 9 heteroatoms. The van der Waals surface area contributed by atoms with Crippen LogP contribution in [0.4, 0.5) is 5.69 Å². The van der Waals surface area contributed by atoms with Crippen LogP contribution in [0.1, 0.15) is 64.2 Å². The number of imide groups is 1. The van der Waals surface area contributed by atoms with E-state index < -0.39 is 0 Å². The SMILES string of the molecule is Cc1nonc1CN1C(=O)c2cccc(N3CCC(C(=O)NC[C@H]4C[C@@H]5C=C[C@@H]4C54CC4)CC3)c2C1=O. The average molecular weight is 502 g/mol. The van der Waals surface area contributed by atoms with Crippen molar-refractivity contribution >= 4 is 23.4 Å². The molecule has 3 fully saturated rings. The van der Waals surface area contributed by atoms with Gasteiger partial charge in [0.25, 0.3) is 11.8 Å². The van der Waals surface area contributed by atoms with E-state index in [-0.39, 0.29) is 30.2 Å². The molecule has 3 heterocycles. The third kappa shape index (κ3) is 3.46. The fraction of sp³-hybridized carbons (Fsp3) is 0.536. The Morgan fingerprint density at radius 2 is 1.95 bits per heavy atom. The Kier molecular flexibility index (Phi) is 5.07. The molecule has 2 saturated carbocycles. The van der Waals surface area contributed by atoms with Crippen molar-refractivity contribution in [2.75, 3.05) is 24.5 Å². The summed E-state index contributed by atoms with van der Waals surface area (Å²) < 4.78 is 4.73. The predicted octanol–water partition coefficient (Wildman–Crippen LogP) is 3.11. The molecule has 7 rings (SSSR count). The van der Waals surface area contributed by atoms with Crippen LogP contribution in [0, 0.1) is 36.0 Å². The number of amides is 3. The molecule has 1 N–H and O–H groups in total. The van der Waals surface area contributed by atoms with Crippen LogP contribution in [-0.4, -0.2) is 52.6 Å². The second kappa shape index (κ2) is 8.26. The number of benzene rings is 1. The van der Waals surface area contributed by atoms with Crippen molar-refractivity contribution in [2.45, 2.75) is 45.6 Å². The van der Waals surface area contributed by atoms with Gasteiger partial charge in [0, 0.05) is 25.6 Å². The van der Waals surface area contributed by atoms with Crippen molar-refractivity contribution < 1.29 is 19.0 Å². The van der Waals surface area contributed by atoms with E-state index in [0.717, 1.165) is 31.0 Å². The van der Waals surface area contributed by atoms with Crippen LogP contribution >= 0.6 is 0 Å². The Hall–Kier alpha value is -3.49. The Morgan fingerprint density at radius 1 is 1.14 bits per heavy atom. The molecule has 2 aromatic rings. The van der Waals surface area contributed by atoms with Crippen LogP contribution < -0.4 is 10.2 Å². The van der Waals surface area contributed by atoms with Gasteiger partial charge in [0.05, 0.1) is 23.4 Å². The molecule has 1 aromatic carbocycles. The highest BCUT2D eigenvalue weighted by Gasteiger charge is 2.62. The van der Waals surface area contributed by atoms with Crippen molar-refractivity contribution in [1.29, 1.82) is 0 Å². The normalized spacial score (nSPS) is 27.4. The maximum atomic E-state index is 13.3. The van der Waals surface area contributed by atoms with Gasteiger partial charge in [0.1, 0.15) is 11.4 Å². The summed E-state index contributed by atoms with van der Waals surface area (Å²) in [4.78, 5) is 42.7. The van der Waals surface area contributed by atoms with E-state index in [0.29, 0.717) is 52.9 Å². The first-order chi connectivity index (χ1) is 18.0. The Bertz CT molecular complexity index is 1320. The lowest BCUT2D eigenvalue weighted by Crippen LogP contribution is -2.42. The fourth-order valence-electron chi connectivity index (χ4n) is 7.38. The zero-order chi connectivity index (χ0) is 25.3. The summed E-state index contributed by atoms with van der Waals surface area (Å²) in [6.45, 7) is 3.88. The van der Waals surface area contributed by atoms with Crippen LogP contribution in [0.15, 0.2) is 35.0 Å². The summed E-state index contributed by atoms with van der Waals surface area (Å²) in [6, 6.07) is 5.41. The van der Waals surface area contributed by atoms with E-state index in [4.69, 9.17) is 4.63 Å². The minimum absolute atomic E-state index is 0.0199. The van der Waals surface area contributed by atoms with Gasteiger partial charge in [-0.2, -0.15) is 0 Å². The molecule has 37 heavy (non-hydrogen) atoms. The highest BCUT2D eigenvalue weighted by Crippen LogP contribution is 2.69. The molecule has 3 amide bonds. The lowest BCUT2D eigenvalue weighted by Gasteiger charge is -2.34. The first-order valence-electron chi connectivity index (χ1n) is 13.4. The van der Waals surface area contributed by atoms with Gasteiger partial charge in [-0.25, -0.2) is 4.63 Å². The number of piperidine rings is 1. The van der Waals surface area contributed by atoms with Gasteiger partial charge in [-0.15, -0.1) is 0 Å². The van der Waals surface area contributed by atoms with Gasteiger partial charge in [-0.1, -0.05) is 28.5 Å². The van der Waals surface area contributed by atoms with Crippen LogP contribution in [0.5, 0.6) is 0 Å². The third-order valence-corrected chi connectivity index (χ3v) is 9.62. The Balaban J connectivity index is 0.986. The molecule has 2 aliphatic heterocycles. The Morgan fingerprint density at radius 3 is 2.65 bits per heavy atom. The van der Waals surface area contributed by atoms with Crippen molar-refractivity contribution in [3.05, 3.63) is 52.9 Å². The quantitative estimate of drug-likeness (QED) is 0.479. The topological polar surface area (TPSA) is 109 Å². The molecular weight excluding hydrogens is 470 g/mol. The van der Waals surface area contributed by atoms with Crippen LogP contribution in [-0.2, 0) is 11.3 Å². The number of hydrogen-bond acceptors (Lipinski definition) is 7. The van der Waals surface area contributed by atoms with Gasteiger partial charge in [0.2, 0.25) is 5.91 Å². The van der Waals surface area contributed by atoms with Gasteiger partial charge < -0.3 is 10.2 Å². The number of aryl methyl sites for hydroxylation is 1. The van der Waals surface area contributed by atoms with Crippen molar-refractivity contribution in [3.8, 4) is 0 Å². The molecule has 1 spiro atoms.